The Labute approximate surface area is 170 Å². The first kappa shape index (κ1) is 20.8. The van der Waals surface area contributed by atoms with Crippen LogP contribution in [0.2, 0.25) is 0 Å². The Hall–Kier alpha value is -2.97. The van der Waals surface area contributed by atoms with Gasteiger partial charge < -0.3 is 15.4 Å². The molecule has 1 atom stereocenters. The van der Waals surface area contributed by atoms with Crippen molar-refractivity contribution in [3.8, 4) is 0 Å². The molecule has 0 saturated carbocycles. The van der Waals surface area contributed by atoms with Gasteiger partial charge >= 0.3 is 6.09 Å². The van der Waals surface area contributed by atoms with Crippen LogP contribution in [0.3, 0.4) is 0 Å². The third-order valence-electron chi connectivity index (χ3n) is 4.64. The predicted octanol–water partition coefficient (Wildman–Crippen LogP) is 2.00. The smallest absolute Gasteiger partial charge is 0.407 e. The highest BCUT2D eigenvalue weighted by Gasteiger charge is 2.26. The Morgan fingerprint density at radius 3 is 2.72 bits per heavy atom. The molecule has 0 saturated heterocycles. The number of nitrogens with one attached hydrogen (secondary N) is 2. The Morgan fingerprint density at radius 1 is 1.24 bits per heavy atom. The number of ether oxygens (including phenoxy) is 1. The molecule has 1 aliphatic rings. The third-order valence-corrected chi connectivity index (χ3v) is 4.64. The summed E-state index contributed by atoms with van der Waals surface area (Å²) in [7, 11) is 0. The van der Waals surface area contributed by atoms with Crippen molar-refractivity contribution in [3.63, 3.8) is 0 Å². The molecule has 3 heterocycles. The fourth-order valence-electron chi connectivity index (χ4n) is 3.19. The number of hydrogen-bond acceptors (Lipinski definition) is 6. The number of nitrogens with zero attached hydrogens (tertiary/aromatic N) is 4. The lowest BCUT2D eigenvalue weighted by Gasteiger charge is -2.25. The molecule has 0 radical (unpaired) electrons. The van der Waals surface area contributed by atoms with Crippen molar-refractivity contribution >= 4 is 12.0 Å². The van der Waals surface area contributed by atoms with Gasteiger partial charge in [-0.1, -0.05) is 0 Å². The van der Waals surface area contributed by atoms with Crippen molar-refractivity contribution in [1.29, 1.82) is 0 Å². The first-order valence-corrected chi connectivity index (χ1v) is 9.80. The number of fused-ring (bicyclic) bond motifs is 1. The van der Waals surface area contributed by atoms with Crippen molar-refractivity contribution in [2.45, 2.75) is 59.2 Å². The molecule has 1 unspecified atom stereocenters. The second-order valence-electron chi connectivity index (χ2n) is 8.32. The number of hydrogen-bond donors (Lipinski definition) is 2. The second kappa shape index (κ2) is 8.59. The van der Waals surface area contributed by atoms with Crippen LogP contribution in [0.1, 0.15) is 54.6 Å². The third kappa shape index (κ3) is 5.75. The van der Waals surface area contributed by atoms with Crippen LogP contribution in [0.4, 0.5) is 4.79 Å². The second-order valence-corrected chi connectivity index (χ2v) is 8.32. The van der Waals surface area contributed by atoms with Crippen LogP contribution in [0.5, 0.6) is 0 Å². The number of alkyl carbamates (subject to hydrolysis) is 1. The molecule has 0 aliphatic carbocycles. The summed E-state index contributed by atoms with van der Waals surface area (Å²) in [5.74, 6) is 0.0376. The summed E-state index contributed by atoms with van der Waals surface area (Å²) in [6.07, 6.45) is 2.73. The Kier molecular flexibility index (Phi) is 6.14. The van der Waals surface area contributed by atoms with E-state index in [1.165, 1.54) is 0 Å². The molecule has 9 nitrogen and oxygen atoms in total. The fourth-order valence-corrected chi connectivity index (χ4v) is 3.19. The minimum Gasteiger partial charge on any atom is -0.444 e. The Bertz CT molecular complexity index is 869. The van der Waals surface area contributed by atoms with E-state index >= 15 is 0 Å². The summed E-state index contributed by atoms with van der Waals surface area (Å²) in [5.41, 5.74) is 2.45. The van der Waals surface area contributed by atoms with E-state index < -0.39 is 11.7 Å². The lowest BCUT2D eigenvalue weighted by molar-refractivity contribution is 0.0516. The highest BCUT2D eigenvalue weighted by atomic mass is 16.6. The van der Waals surface area contributed by atoms with Gasteiger partial charge in [-0.3, -0.25) is 9.48 Å². The van der Waals surface area contributed by atoms with Crippen LogP contribution in [0, 0.1) is 12.8 Å². The van der Waals surface area contributed by atoms with Crippen LogP contribution in [-0.4, -0.2) is 44.1 Å². The average Bonchev–Trinajstić information content (AvgIpc) is 3.07. The molecule has 2 aromatic heterocycles. The molecule has 9 heteroatoms. The first-order valence-electron chi connectivity index (χ1n) is 9.80. The van der Waals surface area contributed by atoms with E-state index in [1.54, 1.807) is 6.20 Å². The van der Waals surface area contributed by atoms with E-state index in [-0.39, 0.29) is 11.8 Å². The quantitative estimate of drug-likeness (QED) is 0.794. The number of carbonyl (C=O) groups is 2. The SMILES string of the molecule is Cc1ccc(CNC(=O)c2cnn3c2CC(CNC(=O)OC(C)(C)C)CC3)nn1. The Morgan fingerprint density at radius 2 is 2.03 bits per heavy atom. The van der Waals surface area contributed by atoms with E-state index in [0.717, 1.165) is 17.8 Å². The first-order chi connectivity index (χ1) is 13.7. The number of carbonyl (C=O) groups excluding carboxylic acids is 2. The van der Waals surface area contributed by atoms with Gasteiger partial charge in [0.05, 0.1) is 35.4 Å². The summed E-state index contributed by atoms with van der Waals surface area (Å²) < 4.78 is 7.15. The standard InChI is InChI=1S/C20H28N6O3/c1-13-5-6-15(25-24-13)11-21-18(27)16-12-23-26-8-7-14(9-17(16)26)10-22-19(28)29-20(2,3)4/h5-6,12,14H,7-11H2,1-4H3,(H,21,27)(H,22,28). The maximum atomic E-state index is 12.6. The minimum absolute atomic E-state index is 0.186. The lowest BCUT2D eigenvalue weighted by atomic mass is 9.94. The maximum Gasteiger partial charge on any atom is 0.407 e. The van der Waals surface area contributed by atoms with Crippen molar-refractivity contribution in [2.24, 2.45) is 5.92 Å². The summed E-state index contributed by atoms with van der Waals surface area (Å²) in [6.45, 7) is 8.88. The average molecular weight is 400 g/mol. The van der Waals surface area contributed by atoms with Gasteiger partial charge in [-0.15, -0.1) is 0 Å². The normalized spacial score (nSPS) is 16.1. The van der Waals surface area contributed by atoms with Crippen molar-refractivity contribution < 1.29 is 14.3 Å². The van der Waals surface area contributed by atoms with E-state index in [2.05, 4.69) is 25.9 Å². The highest BCUT2D eigenvalue weighted by Crippen LogP contribution is 2.23. The molecule has 0 aromatic carbocycles. The zero-order valence-electron chi connectivity index (χ0n) is 17.4. The van der Waals surface area contributed by atoms with Gasteiger partial charge in [0.1, 0.15) is 5.60 Å². The monoisotopic (exact) mass is 400 g/mol. The van der Waals surface area contributed by atoms with E-state index in [9.17, 15) is 9.59 Å². The topological polar surface area (TPSA) is 111 Å². The molecule has 29 heavy (non-hydrogen) atoms. The molecule has 2 N–H and O–H groups in total. The lowest BCUT2D eigenvalue weighted by Crippen LogP contribution is -2.37. The molecular weight excluding hydrogens is 372 g/mol. The van der Waals surface area contributed by atoms with Gasteiger partial charge in [-0.2, -0.15) is 15.3 Å². The van der Waals surface area contributed by atoms with Gasteiger partial charge in [0, 0.05) is 13.1 Å². The van der Waals surface area contributed by atoms with Gasteiger partial charge in [0.25, 0.3) is 5.91 Å². The minimum atomic E-state index is -0.525. The summed E-state index contributed by atoms with van der Waals surface area (Å²) >= 11 is 0. The molecule has 0 spiro atoms. The summed E-state index contributed by atoms with van der Waals surface area (Å²) in [5, 5.41) is 18.1. The molecule has 156 valence electrons. The van der Waals surface area contributed by atoms with Crippen molar-refractivity contribution in [3.05, 3.63) is 41.0 Å². The number of aromatic nitrogens is 4. The van der Waals surface area contributed by atoms with Crippen LogP contribution in [-0.2, 0) is 24.2 Å². The van der Waals surface area contributed by atoms with Crippen LogP contribution in [0.25, 0.3) is 0 Å². The number of aryl methyl sites for hydroxylation is 2. The molecule has 1 aliphatic heterocycles. The molecular formula is C20H28N6O3. The van der Waals surface area contributed by atoms with Crippen LogP contribution >= 0.6 is 0 Å². The Balaban J connectivity index is 1.56. The summed E-state index contributed by atoms with van der Waals surface area (Å²) in [6, 6.07) is 3.70. The molecule has 2 aromatic rings. The zero-order valence-corrected chi connectivity index (χ0v) is 17.4. The fraction of sp³-hybridized carbons (Fsp3) is 0.550. The predicted molar refractivity (Wildman–Crippen MR) is 106 cm³/mol. The molecule has 3 rings (SSSR count). The van der Waals surface area contributed by atoms with Gasteiger partial charge in [-0.05, 0) is 58.6 Å². The largest absolute Gasteiger partial charge is 0.444 e. The molecule has 0 fully saturated rings. The summed E-state index contributed by atoms with van der Waals surface area (Å²) in [4.78, 5) is 24.5. The maximum absolute atomic E-state index is 12.6. The van der Waals surface area contributed by atoms with Crippen LogP contribution < -0.4 is 10.6 Å². The van der Waals surface area contributed by atoms with E-state index in [1.807, 2.05) is 44.5 Å². The van der Waals surface area contributed by atoms with Gasteiger partial charge in [-0.25, -0.2) is 4.79 Å². The zero-order chi connectivity index (χ0) is 21.0. The van der Waals surface area contributed by atoms with Gasteiger partial charge in [0.2, 0.25) is 0 Å². The van der Waals surface area contributed by atoms with Crippen LogP contribution in [0.15, 0.2) is 18.3 Å². The number of amides is 2. The highest BCUT2D eigenvalue weighted by molar-refractivity contribution is 5.95. The number of rotatable bonds is 5. The van der Waals surface area contributed by atoms with E-state index in [0.29, 0.717) is 37.3 Å². The van der Waals surface area contributed by atoms with E-state index in [4.69, 9.17) is 4.74 Å². The molecule has 2 amide bonds. The van der Waals surface area contributed by atoms with Crippen molar-refractivity contribution in [2.75, 3.05) is 6.54 Å². The van der Waals surface area contributed by atoms with Crippen molar-refractivity contribution in [1.82, 2.24) is 30.6 Å². The molecule has 0 bridgehead atoms. The van der Waals surface area contributed by atoms with Gasteiger partial charge in [0.15, 0.2) is 0 Å².